The van der Waals surface area contributed by atoms with Gasteiger partial charge in [0, 0.05) is 9.49 Å². The van der Waals surface area contributed by atoms with Crippen LogP contribution in [0.2, 0.25) is 0 Å². The lowest BCUT2D eigenvalue weighted by atomic mass is 9.96. The van der Waals surface area contributed by atoms with Crippen LogP contribution in [0.3, 0.4) is 0 Å². The largest absolute Gasteiger partial charge is 0.203 e. The molecule has 0 nitrogen and oxygen atoms in total. The van der Waals surface area contributed by atoms with Crippen LogP contribution in [0.25, 0.3) is 11.1 Å². The van der Waals surface area contributed by atoms with Gasteiger partial charge in [0.2, 0.25) is 0 Å². The maximum Gasteiger partial charge on any atom is 0.166 e. The first-order chi connectivity index (χ1) is 9.41. The fraction of sp³-hybridized carbons (Fsp3) is 0.294. The molecule has 2 rings (SSSR count). The van der Waals surface area contributed by atoms with Crippen LogP contribution in [0.5, 0.6) is 0 Å². The maximum atomic E-state index is 14.2. The van der Waals surface area contributed by atoms with Crippen molar-refractivity contribution < 1.29 is 8.78 Å². The molecule has 1 atom stereocenters. The van der Waals surface area contributed by atoms with Crippen molar-refractivity contribution >= 4 is 22.6 Å². The molecule has 0 fully saturated rings. The summed E-state index contributed by atoms with van der Waals surface area (Å²) in [5.41, 5.74) is 2.62. The van der Waals surface area contributed by atoms with E-state index in [1.165, 1.54) is 5.56 Å². The monoisotopic (exact) mass is 386 g/mol. The quantitative estimate of drug-likeness (QED) is 0.432. The Morgan fingerprint density at radius 1 is 0.850 bits per heavy atom. The summed E-state index contributed by atoms with van der Waals surface area (Å²) < 4.78 is 28.6. The molecule has 0 amide bonds. The van der Waals surface area contributed by atoms with E-state index in [0.29, 0.717) is 20.6 Å². The predicted octanol–water partition coefficient (Wildman–Crippen LogP) is 6.25. The van der Waals surface area contributed by atoms with E-state index < -0.39 is 11.6 Å². The van der Waals surface area contributed by atoms with Gasteiger partial charge in [0.25, 0.3) is 0 Å². The van der Waals surface area contributed by atoms with E-state index in [2.05, 4.69) is 29.5 Å². The van der Waals surface area contributed by atoms with Crippen molar-refractivity contribution in [3.8, 4) is 11.1 Å². The zero-order chi connectivity index (χ0) is 14.9. The summed E-state index contributed by atoms with van der Waals surface area (Å²) in [6.45, 7) is 5.80. The van der Waals surface area contributed by atoms with E-state index in [1.54, 1.807) is 12.1 Å². The highest BCUT2D eigenvalue weighted by atomic mass is 127. The lowest BCUT2D eigenvalue weighted by Crippen LogP contribution is -1.99. The molecular formula is C17H17F2I. The molecule has 0 aromatic heterocycles. The summed E-state index contributed by atoms with van der Waals surface area (Å²) in [5.74, 6) is -1.52. The molecule has 20 heavy (non-hydrogen) atoms. The van der Waals surface area contributed by atoms with Gasteiger partial charge in [0.05, 0.1) is 0 Å². The molecule has 0 aliphatic carbocycles. The Morgan fingerprint density at radius 2 is 1.45 bits per heavy atom. The number of halogens is 3. The average molecular weight is 386 g/mol. The van der Waals surface area contributed by atoms with Crippen molar-refractivity contribution in [1.82, 2.24) is 0 Å². The zero-order valence-corrected chi connectivity index (χ0v) is 13.9. The lowest BCUT2D eigenvalue weighted by Gasteiger charge is -2.12. The molecule has 0 aliphatic heterocycles. The standard InChI is InChI=1S/C17H17F2I/c1-10(2)14-8-9-15(17(19)16(14)18)13-6-4-12(5-7-13)11(3)20/h4-11H,1-3H3/t11-/m0/s1. The molecule has 0 radical (unpaired) electrons. The molecule has 0 saturated heterocycles. The van der Waals surface area contributed by atoms with Crippen molar-refractivity contribution in [2.45, 2.75) is 30.6 Å². The topological polar surface area (TPSA) is 0 Å². The molecule has 0 heterocycles. The smallest absolute Gasteiger partial charge is 0.166 e. The number of alkyl halides is 1. The fourth-order valence-corrected chi connectivity index (χ4v) is 2.58. The van der Waals surface area contributed by atoms with Crippen molar-refractivity contribution in [1.29, 1.82) is 0 Å². The molecule has 0 bridgehead atoms. The van der Waals surface area contributed by atoms with Gasteiger partial charge in [-0.3, -0.25) is 0 Å². The minimum absolute atomic E-state index is 0.0270. The highest BCUT2D eigenvalue weighted by Gasteiger charge is 2.16. The van der Waals surface area contributed by atoms with E-state index >= 15 is 0 Å². The van der Waals surface area contributed by atoms with Crippen LogP contribution >= 0.6 is 22.6 Å². The number of rotatable bonds is 3. The summed E-state index contributed by atoms with van der Waals surface area (Å²) in [7, 11) is 0. The second kappa shape index (κ2) is 6.20. The van der Waals surface area contributed by atoms with Crippen molar-refractivity contribution in [2.24, 2.45) is 0 Å². The van der Waals surface area contributed by atoms with Crippen LogP contribution in [-0.2, 0) is 0 Å². The third kappa shape index (κ3) is 3.03. The van der Waals surface area contributed by atoms with E-state index in [1.807, 2.05) is 38.1 Å². The van der Waals surface area contributed by atoms with Crippen LogP contribution in [0, 0.1) is 11.6 Å². The third-order valence-electron chi connectivity index (χ3n) is 3.42. The average Bonchev–Trinajstić information content (AvgIpc) is 2.41. The molecule has 106 valence electrons. The van der Waals surface area contributed by atoms with Crippen LogP contribution in [-0.4, -0.2) is 0 Å². The van der Waals surface area contributed by atoms with Gasteiger partial charge in [-0.05, 0) is 29.5 Å². The maximum absolute atomic E-state index is 14.2. The van der Waals surface area contributed by atoms with Crippen molar-refractivity contribution in [3.05, 3.63) is 59.2 Å². The third-order valence-corrected chi connectivity index (χ3v) is 4.13. The molecule has 0 N–H and O–H groups in total. The summed E-state index contributed by atoms with van der Waals surface area (Å²) >= 11 is 2.32. The van der Waals surface area contributed by atoms with Crippen LogP contribution in [0.15, 0.2) is 36.4 Å². The summed E-state index contributed by atoms with van der Waals surface area (Å²) in [6, 6.07) is 10.9. The molecule has 0 aliphatic rings. The Labute approximate surface area is 132 Å². The van der Waals surface area contributed by atoms with Gasteiger partial charge in [-0.2, -0.15) is 0 Å². The van der Waals surface area contributed by atoms with Crippen molar-refractivity contribution in [3.63, 3.8) is 0 Å². The minimum atomic E-state index is -0.758. The molecule has 0 unspecified atom stereocenters. The Balaban J connectivity index is 2.45. The molecule has 3 heteroatoms. The second-order valence-electron chi connectivity index (χ2n) is 5.22. The van der Waals surface area contributed by atoms with Crippen molar-refractivity contribution in [2.75, 3.05) is 0 Å². The first kappa shape index (κ1) is 15.4. The van der Waals surface area contributed by atoms with Gasteiger partial charge in [0.15, 0.2) is 11.6 Å². The van der Waals surface area contributed by atoms with Crippen LogP contribution < -0.4 is 0 Å². The molecule has 2 aromatic carbocycles. The lowest BCUT2D eigenvalue weighted by molar-refractivity contribution is 0.496. The number of hydrogen-bond acceptors (Lipinski definition) is 0. The van der Waals surface area contributed by atoms with E-state index in [4.69, 9.17) is 0 Å². The Hall–Kier alpha value is -0.970. The minimum Gasteiger partial charge on any atom is -0.203 e. The van der Waals surface area contributed by atoms with E-state index in [-0.39, 0.29) is 5.92 Å². The summed E-state index contributed by atoms with van der Waals surface area (Å²) in [4.78, 5) is 0. The number of hydrogen-bond donors (Lipinski definition) is 0. The zero-order valence-electron chi connectivity index (χ0n) is 11.8. The highest BCUT2D eigenvalue weighted by molar-refractivity contribution is 14.1. The van der Waals surface area contributed by atoms with Crippen LogP contribution in [0.4, 0.5) is 8.78 Å². The van der Waals surface area contributed by atoms with Gasteiger partial charge in [0.1, 0.15) is 0 Å². The molecular weight excluding hydrogens is 369 g/mol. The Bertz CT molecular complexity index is 601. The van der Waals surface area contributed by atoms with Gasteiger partial charge in [-0.25, -0.2) is 8.78 Å². The normalized spacial score (nSPS) is 12.8. The van der Waals surface area contributed by atoms with E-state index in [9.17, 15) is 8.78 Å². The molecule has 0 spiro atoms. The van der Waals surface area contributed by atoms with Gasteiger partial charge >= 0.3 is 0 Å². The highest BCUT2D eigenvalue weighted by Crippen LogP contribution is 2.31. The number of benzene rings is 2. The van der Waals surface area contributed by atoms with Gasteiger partial charge in [-0.1, -0.05) is 72.8 Å². The first-order valence-electron chi connectivity index (χ1n) is 6.64. The SMILES string of the molecule is CC(C)c1ccc(-c2ccc([C@H](C)I)cc2)c(F)c1F. The molecule has 0 saturated carbocycles. The summed E-state index contributed by atoms with van der Waals surface area (Å²) in [6.07, 6.45) is 0. The Kier molecular flexibility index (Phi) is 4.78. The predicted molar refractivity (Wildman–Crippen MR) is 88.3 cm³/mol. The Morgan fingerprint density at radius 3 is 1.95 bits per heavy atom. The van der Waals surface area contributed by atoms with Gasteiger partial charge < -0.3 is 0 Å². The summed E-state index contributed by atoms with van der Waals surface area (Å²) in [5, 5.41) is 0. The second-order valence-corrected chi connectivity index (χ2v) is 7.09. The van der Waals surface area contributed by atoms with E-state index in [0.717, 1.165) is 0 Å². The molecule has 2 aromatic rings. The van der Waals surface area contributed by atoms with Crippen LogP contribution in [0.1, 0.15) is 41.7 Å². The first-order valence-corrected chi connectivity index (χ1v) is 7.88. The fourth-order valence-electron chi connectivity index (χ4n) is 2.16. The van der Waals surface area contributed by atoms with Gasteiger partial charge in [-0.15, -0.1) is 0 Å².